The van der Waals surface area contributed by atoms with Crippen molar-refractivity contribution >= 4 is 11.9 Å². The van der Waals surface area contributed by atoms with Crippen molar-refractivity contribution in [3.05, 3.63) is 0 Å². The lowest BCUT2D eigenvalue weighted by molar-refractivity contribution is -0.156. The Hall–Kier alpha value is -1.10. The first kappa shape index (κ1) is 26.2. The summed E-state index contributed by atoms with van der Waals surface area (Å²) in [5.41, 5.74) is 0. The third kappa shape index (κ3) is 9.51. The lowest BCUT2D eigenvalue weighted by Crippen LogP contribution is -2.46. The molecule has 5 heteroatoms. The van der Waals surface area contributed by atoms with E-state index in [1.807, 2.05) is 0 Å². The van der Waals surface area contributed by atoms with Gasteiger partial charge in [0.25, 0.3) is 0 Å². The summed E-state index contributed by atoms with van der Waals surface area (Å²) in [6.07, 6.45) is 17.6. The summed E-state index contributed by atoms with van der Waals surface area (Å²) in [4.78, 5) is 26.9. The average molecular weight is 438 g/mol. The van der Waals surface area contributed by atoms with Gasteiger partial charge in [-0.15, -0.1) is 0 Å². The molecule has 0 spiro atoms. The van der Waals surface area contributed by atoms with Crippen molar-refractivity contribution in [2.45, 2.75) is 147 Å². The number of nitrogens with zero attached hydrogens (tertiary/aromatic N) is 1. The van der Waals surface area contributed by atoms with E-state index in [9.17, 15) is 9.59 Å². The Morgan fingerprint density at radius 3 is 1.81 bits per heavy atom. The molecule has 2 aliphatic rings. The molecule has 0 aromatic rings. The van der Waals surface area contributed by atoms with Crippen LogP contribution in [-0.4, -0.2) is 48.2 Å². The van der Waals surface area contributed by atoms with E-state index in [1.54, 1.807) is 0 Å². The van der Waals surface area contributed by atoms with Crippen molar-refractivity contribution in [1.82, 2.24) is 4.90 Å². The summed E-state index contributed by atoms with van der Waals surface area (Å²) in [7, 11) is 2.12. The fraction of sp³-hybridized carbons (Fsp3) is 0.923. The molecule has 2 saturated heterocycles. The summed E-state index contributed by atoms with van der Waals surface area (Å²) in [5.74, 6) is -0.112. The first-order valence-corrected chi connectivity index (χ1v) is 13.2. The van der Waals surface area contributed by atoms with Crippen LogP contribution in [0.5, 0.6) is 0 Å². The van der Waals surface area contributed by atoms with E-state index in [0.29, 0.717) is 18.9 Å². The molecule has 180 valence electrons. The molecule has 31 heavy (non-hydrogen) atoms. The third-order valence-electron chi connectivity index (χ3n) is 7.12. The van der Waals surface area contributed by atoms with Crippen LogP contribution in [0.15, 0.2) is 0 Å². The number of carbonyl (C=O) groups is 2. The highest BCUT2D eigenvalue weighted by Gasteiger charge is 2.47. The van der Waals surface area contributed by atoms with Gasteiger partial charge in [-0.2, -0.15) is 0 Å². The molecule has 0 aromatic carbocycles. The molecule has 0 aromatic heterocycles. The predicted molar refractivity (Wildman–Crippen MR) is 125 cm³/mol. The van der Waals surface area contributed by atoms with Crippen LogP contribution in [0.4, 0.5) is 0 Å². The molecule has 0 amide bonds. The molecule has 0 aliphatic carbocycles. The second kappa shape index (κ2) is 14.9. The minimum atomic E-state index is -0.0574. The van der Waals surface area contributed by atoms with Crippen molar-refractivity contribution < 1.29 is 19.1 Å². The zero-order chi connectivity index (χ0) is 22.5. The molecule has 0 unspecified atom stereocenters. The average Bonchev–Trinajstić information content (AvgIpc) is 2.90. The fourth-order valence-corrected chi connectivity index (χ4v) is 5.17. The molecule has 0 saturated carbocycles. The van der Waals surface area contributed by atoms with E-state index in [4.69, 9.17) is 9.47 Å². The van der Waals surface area contributed by atoms with Crippen LogP contribution in [0.25, 0.3) is 0 Å². The van der Waals surface area contributed by atoms with Gasteiger partial charge in [0.1, 0.15) is 12.2 Å². The van der Waals surface area contributed by atoms with Gasteiger partial charge < -0.3 is 9.47 Å². The molecule has 2 rings (SSSR count). The smallest absolute Gasteiger partial charge is 0.306 e. The molecule has 0 N–H and O–H groups in total. The maximum atomic E-state index is 12.3. The topological polar surface area (TPSA) is 55.8 Å². The van der Waals surface area contributed by atoms with Gasteiger partial charge in [-0.1, -0.05) is 78.1 Å². The normalized spacial score (nSPS) is 25.5. The standard InChI is InChI=1S/C26H47NO4/c1-4-6-8-10-12-14-16-25(28)30-22-18-21-19-24(23(20-22)27(21)3)31-26(29)17-15-13-11-9-7-5-2/h21-24H,4-20H2,1-3H3/t21-,22-,23+,24-/m0/s1. The van der Waals surface area contributed by atoms with Crippen molar-refractivity contribution in [3.63, 3.8) is 0 Å². The van der Waals surface area contributed by atoms with Crippen LogP contribution in [0, 0.1) is 0 Å². The van der Waals surface area contributed by atoms with E-state index in [-0.39, 0.29) is 30.2 Å². The van der Waals surface area contributed by atoms with E-state index < -0.39 is 0 Å². The van der Waals surface area contributed by atoms with E-state index in [1.165, 1.54) is 51.4 Å². The number of unbranched alkanes of at least 4 members (excludes halogenated alkanes) is 10. The molecule has 2 aliphatic heterocycles. The number of fused-ring (bicyclic) bond motifs is 2. The maximum Gasteiger partial charge on any atom is 0.306 e. The minimum Gasteiger partial charge on any atom is -0.462 e. The number of piperidine rings is 1. The van der Waals surface area contributed by atoms with Crippen LogP contribution in [-0.2, 0) is 19.1 Å². The highest BCUT2D eigenvalue weighted by atomic mass is 16.6. The van der Waals surface area contributed by atoms with Crippen LogP contribution in [0.2, 0.25) is 0 Å². The quantitative estimate of drug-likeness (QED) is 0.213. The maximum absolute atomic E-state index is 12.3. The lowest BCUT2D eigenvalue weighted by Gasteiger charge is -2.36. The zero-order valence-electron chi connectivity index (χ0n) is 20.4. The molecule has 4 atom stereocenters. The minimum absolute atomic E-state index is 0.0268. The van der Waals surface area contributed by atoms with Gasteiger partial charge in [0.15, 0.2) is 0 Å². The van der Waals surface area contributed by atoms with Gasteiger partial charge in [-0.3, -0.25) is 14.5 Å². The van der Waals surface area contributed by atoms with Gasteiger partial charge >= 0.3 is 11.9 Å². The molecule has 5 nitrogen and oxygen atoms in total. The third-order valence-corrected chi connectivity index (χ3v) is 7.12. The summed E-state index contributed by atoms with van der Waals surface area (Å²) in [6, 6.07) is 0.525. The Labute approximate surface area is 190 Å². The first-order valence-electron chi connectivity index (χ1n) is 13.2. The Bertz CT molecular complexity index is 522. The summed E-state index contributed by atoms with van der Waals surface area (Å²) in [6.45, 7) is 4.43. The number of ether oxygens (including phenoxy) is 2. The molecule has 2 heterocycles. The number of likely N-dealkylation sites (N-methyl/N-ethyl adjacent to an activating group) is 1. The Morgan fingerprint density at radius 1 is 0.710 bits per heavy atom. The molecule has 0 radical (unpaired) electrons. The summed E-state index contributed by atoms with van der Waals surface area (Å²) < 4.78 is 11.7. The second-order valence-corrected chi connectivity index (χ2v) is 9.77. The second-order valence-electron chi connectivity index (χ2n) is 9.77. The number of carbonyl (C=O) groups excluding carboxylic acids is 2. The van der Waals surface area contributed by atoms with Gasteiger partial charge in [0.05, 0.1) is 6.04 Å². The summed E-state index contributed by atoms with van der Waals surface area (Å²) >= 11 is 0. The van der Waals surface area contributed by atoms with Gasteiger partial charge in [-0.25, -0.2) is 0 Å². The van der Waals surface area contributed by atoms with E-state index in [0.717, 1.165) is 44.9 Å². The van der Waals surface area contributed by atoms with E-state index >= 15 is 0 Å². The Morgan fingerprint density at radius 2 is 1.23 bits per heavy atom. The molecular weight excluding hydrogens is 390 g/mol. The summed E-state index contributed by atoms with van der Waals surface area (Å²) in [5, 5.41) is 0. The van der Waals surface area contributed by atoms with E-state index in [2.05, 4.69) is 25.8 Å². The number of hydrogen-bond acceptors (Lipinski definition) is 5. The molecular formula is C26H47NO4. The number of esters is 2. The zero-order valence-corrected chi connectivity index (χ0v) is 20.4. The highest BCUT2D eigenvalue weighted by Crippen LogP contribution is 2.37. The van der Waals surface area contributed by atoms with Crippen molar-refractivity contribution in [3.8, 4) is 0 Å². The SMILES string of the molecule is CCCCCCCCC(=O)O[C@H]1C[C@H]2C[C@H](OC(=O)CCCCCCCC)[C@@H](C1)N2C. The van der Waals surface area contributed by atoms with Gasteiger partial charge in [0, 0.05) is 38.1 Å². The van der Waals surface area contributed by atoms with Gasteiger partial charge in [-0.05, 0) is 19.9 Å². The Kier molecular flexibility index (Phi) is 12.5. The number of rotatable bonds is 16. The highest BCUT2D eigenvalue weighted by molar-refractivity contribution is 5.70. The predicted octanol–water partition coefficient (Wildman–Crippen LogP) is 6.18. The van der Waals surface area contributed by atoms with Crippen LogP contribution in [0.1, 0.15) is 123 Å². The lowest BCUT2D eigenvalue weighted by atomic mass is 10.00. The first-order chi connectivity index (χ1) is 15.0. The van der Waals surface area contributed by atoms with Crippen molar-refractivity contribution in [2.24, 2.45) is 0 Å². The van der Waals surface area contributed by atoms with Crippen LogP contribution in [0.3, 0.4) is 0 Å². The molecule has 2 fully saturated rings. The Balaban J connectivity index is 1.64. The number of hydrogen-bond donors (Lipinski definition) is 0. The van der Waals surface area contributed by atoms with Crippen LogP contribution >= 0.6 is 0 Å². The van der Waals surface area contributed by atoms with Gasteiger partial charge in [0.2, 0.25) is 0 Å². The fourth-order valence-electron chi connectivity index (χ4n) is 5.17. The molecule has 2 bridgehead atoms. The van der Waals surface area contributed by atoms with Crippen molar-refractivity contribution in [2.75, 3.05) is 7.05 Å². The van der Waals surface area contributed by atoms with Crippen molar-refractivity contribution in [1.29, 1.82) is 0 Å². The monoisotopic (exact) mass is 437 g/mol. The van der Waals surface area contributed by atoms with Crippen LogP contribution < -0.4 is 0 Å². The largest absolute Gasteiger partial charge is 0.462 e.